The second kappa shape index (κ2) is 5.61. The SMILES string of the molecule is CC1=CC2CC(C3COC(C=O)CO3)C1CC2C(C)C. The minimum absolute atomic E-state index is 0.176. The normalized spacial score (nSPS) is 44.5. The number of hydrogen-bond donors (Lipinski definition) is 0. The summed E-state index contributed by atoms with van der Waals surface area (Å²) in [5.74, 6) is 3.52. The van der Waals surface area contributed by atoms with E-state index >= 15 is 0 Å². The molecule has 3 nitrogen and oxygen atoms in total. The van der Waals surface area contributed by atoms with Crippen molar-refractivity contribution in [3.63, 3.8) is 0 Å². The van der Waals surface area contributed by atoms with Crippen LogP contribution in [0, 0.1) is 29.6 Å². The molecule has 4 aliphatic rings. The molecule has 6 unspecified atom stereocenters. The number of allylic oxidation sites excluding steroid dienone is 2. The first-order valence-corrected chi connectivity index (χ1v) is 7.97. The van der Waals surface area contributed by atoms with Gasteiger partial charge in [0.05, 0.1) is 19.3 Å². The van der Waals surface area contributed by atoms with Crippen LogP contribution in [0.2, 0.25) is 0 Å². The minimum atomic E-state index is -0.355. The zero-order chi connectivity index (χ0) is 14.3. The Bertz CT molecular complexity index is 393. The van der Waals surface area contributed by atoms with Gasteiger partial charge < -0.3 is 14.3 Å². The number of fused-ring (bicyclic) bond motifs is 2. The maximum atomic E-state index is 10.7. The number of aldehydes is 1. The Morgan fingerprint density at radius 2 is 2.05 bits per heavy atom. The van der Waals surface area contributed by atoms with E-state index in [0.717, 1.165) is 18.1 Å². The molecule has 3 heteroatoms. The van der Waals surface area contributed by atoms with Gasteiger partial charge in [-0.1, -0.05) is 25.5 Å². The van der Waals surface area contributed by atoms with E-state index in [-0.39, 0.29) is 12.2 Å². The molecular weight excluding hydrogens is 252 g/mol. The van der Waals surface area contributed by atoms with Gasteiger partial charge in [-0.3, -0.25) is 0 Å². The molecule has 4 rings (SSSR count). The molecule has 20 heavy (non-hydrogen) atoms. The summed E-state index contributed by atoms with van der Waals surface area (Å²) >= 11 is 0. The molecule has 112 valence electrons. The van der Waals surface area contributed by atoms with E-state index in [0.29, 0.717) is 31.0 Å². The lowest BCUT2D eigenvalue weighted by atomic mass is 9.57. The molecule has 0 spiro atoms. The summed E-state index contributed by atoms with van der Waals surface area (Å²) in [5.41, 5.74) is 1.55. The molecule has 6 atom stereocenters. The number of carbonyl (C=O) groups is 1. The van der Waals surface area contributed by atoms with Crippen molar-refractivity contribution in [2.24, 2.45) is 29.6 Å². The molecule has 0 amide bonds. The first kappa shape index (κ1) is 14.3. The number of ether oxygens (including phenoxy) is 2. The highest BCUT2D eigenvalue weighted by Crippen LogP contribution is 2.51. The van der Waals surface area contributed by atoms with Crippen LogP contribution in [0.5, 0.6) is 0 Å². The Morgan fingerprint density at radius 3 is 2.60 bits per heavy atom. The van der Waals surface area contributed by atoms with Crippen LogP contribution in [0.25, 0.3) is 0 Å². The predicted octanol–water partition coefficient (Wildman–Crippen LogP) is 2.84. The van der Waals surface area contributed by atoms with Crippen molar-refractivity contribution in [1.82, 2.24) is 0 Å². The van der Waals surface area contributed by atoms with Crippen molar-refractivity contribution < 1.29 is 14.3 Å². The Kier molecular flexibility index (Phi) is 4.00. The van der Waals surface area contributed by atoms with Crippen molar-refractivity contribution in [1.29, 1.82) is 0 Å². The first-order chi connectivity index (χ1) is 9.60. The molecule has 0 aromatic heterocycles. The van der Waals surface area contributed by atoms with Gasteiger partial charge in [0.25, 0.3) is 0 Å². The molecule has 3 aliphatic carbocycles. The van der Waals surface area contributed by atoms with Gasteiger partial charge in [0.1, 0.15) is 6.10 Å². The van der Waals surface area contributed by atoms with Gasteiger partial charge in [0, 0.05) is 0 Å². The van der Waals surface area contributed by atoms with Gasteiger partial charge in [-0.05, 0) is 49.4 Å². The third-order valence-electron chi connectivity index (χ3n) is 5.63. The summed E-state index contributed by atoms with van der Waals surface area (Å²) in [6.07, 6.45) is 5.70. The van der Waals surface area contributed by atoms with Gasteiger partial charge in [-0.15, -0.1) is 0 Å². The topological polar surface area (TPSA) is 35.5 Å². The number of hydrogen-bond acceptors (Lipinski definition) is 3. The van der Waals surface area contributed by atoms with Crippen molar-refractivity contribution in [3.8, 4) is 0 Å². The van der Waals surface area contributed by atoms with Gasteiger partial charge in [-0.2, -0.15) is 0 Å². The standard InChI is InChI=1S/C17H26O3/c1-10(2)14-6-15-11(3)4-12(14)5-16(15)17-9-19-13(7-18)8-20-17/h4,7,10,12-17H,5-6,8-9H2,1-3H3. The lowest BCUT2D eigenvalue weighted by Gasteiger charge is -2.50. The molecule has 0 aromatic rings. The van der Waals surface area contributed by atoms with Crippen LogP contribution in [0.3, 0.4) is 0 Å². The van der Waals surface area contributed by atoms with E-state index in [9.17, 15) is 4.79 Å². The quantitative estimate of drug-likeness (QED) is 0.588. The number of carbonyl (C=O) groups excluding carboxylic acids is 1. The Balaban J connectivity index is 1.69. The molecule has 1 heterocycles. The Labute approximate surface area is 121 Å². The Hall–Kier alpha value is -0.670. The van der Waals surface area contributed by atoms with E-state index in [4.69, 9.17) is 9.47 Å². The minimum Gasteiger partial charge on any atom is -0.372 e. The van der Waals surface area contributed by atoms with Gasteiger partial charge >= 0.3 is 0 Å². The van der Waals surface area contributed by atoms with Crippen molar-refractivity contribution in [3.05, 3.63) is 11.6 Å². The fourth-order valence-corrected chi connectivity index (χ4v) is 4.51. The van der Waals surface area contributed by atoms with Crippen LogP contribution in [0.1, 0.15) is 33.6 Å². The Morgan fingerprint density at radius 1 is 1.25 bits per heavy atom. The van der Waals surface area contributed by atoms with Gasteiger partial charge in [0.15, 0.2) is 6.29 Å². The monoisotopic (exact) mass is 278 g/mol. The van der Waals surface area contributed by atoms with Crippen LogP contribution >= 0.6 is 0 Å². The molecule has 0 radical (unpaired) electrons. The van der Waals surface area contributed by atoms with E-state index < -0.39 is 0 Å². The summed E-state index contributed by atoms with van der Waals surface area (Å²) < 4.78 is 11.5. The highest BCUT2D eigenvalue weighted by molar-refractivity contribution is 5.56. The summed E-state index contributed by atoms with van der Waals surface area (Å²) in [6, 6.07) is 0. The third-order valence-corrected chi connectivity index (χ3v) is 5.63. The zero-order valence-corrected chi connectivity index (χ0v) is 12.7. The summed E-state index contributed by atoms with van der Waals surface area (Å²) in [7, 11) is 0. The van der Waals surface area contributed by atoms with Crippen molar-refractivity contribution >= 4 is 6.29 Å². The molecule has 2 bridgehead atoms. The lowest BCUT2D eigenvalue weighted by Crippen LogP contribution is -2.48. The molecule has 2 fully saturated rings. The highest BCUT2D eigenvalue weighted by Gasteiger charge is 2.46. The molecular formula is C17H26O3. The summed E-state index contributed by atoms with van der Waals surface area (Å²) in [6.45, 7) is 7.98. The van der Waals surface area contributed by atoms with Crippen molar-refractivity contribution in [2.45, 2.75) is 45.8 Å². The largest absolute Gasteiger partial charge is 0.372 e. The fourth-order valence-electron chi connectivity index (χ4n) is 4.51. The molecule has 0 aromatic carbocycles. The van der Waals surface area contributed by atoms with Crippen LogP contribution in [-0.4, -0.2) is 31.7 Å². The second-order valence-electron chi connectivity index (χ2n) is 7.10. The van der Waals surface area contributed by atoms with E-state index in [1.54, 1.807) is 5.57 Å². The predicted molar refractivity (Wildman–Crippen MR) is 77.3 cm³/mol. The molecule has 1 aliphatic heterocycles. The van der Waals surface area contributed by atoms with Crippen LogP contribution in [0.15, 0.2) is 11.6 Å². The second-order valence-corrected chi connectivity index (χ2v) is 7.10. The fraction of sp³-hybridized carbons (Fsp3) is 0.824. The van der Waals surface area contributed by atoms with Gasteiger partial charge in [-0.25, -0.2) is 0 Å². The maximum Gasteiger partial charge on any atom is 0.151 e. The van der Waals surface area contributed by atoms with Crippen LogP contribution in [-0.2, 0) is 14.3 Å². The molecule has 1 saturated heterocycles. The van der Waals surface area contributed by atoms with E-state index in [2.05, 4.69) is 26.8 Å². The van der Waals surface area contributed by atoms with Gasteiger partial charge in [0.2, 0.25) is 0 Å². The summed E-state index contributed by atoms with van der Waals surface area (Å²) in [4.78, 5) is 10.7. The average molecular weight is 278 g/mol. The smallest absolute Gasteiger partial charge is 0.151 e. The third kappa shape index (κ3) is 2.46. The summed E-state index contributed by atoms with van der Waals surface area (Å²) in [5, 5.41) is 0. The molecule has 1 saturated carbocycles. The number of rotatable bonds is 3. The van der Waals surface area contributed by atoms with Crippen LogP contribution in [0.4, 0.5) is 0 Å². The lowest BCUT2D eigenvalue weighted by molar-refractivity contribution is -0.167. The van der Waals surface area contributed by atoms with Crippen molar-refractivity contribution in [2.75, 3.05) is 13.2 Å². The highest BCUT2D eigenvalue weighted by atomic mass is 16.6. The zero-order valence-electron chi connectivity index (χ0n) is 12.7. The maximum absolute atomic E-state index is 10.7. The van der Waals surface area contributed by atoms with E-state index in [1.807, 2.05) is 0 Å². The molecule has 0 N–H and O–H groups in total. The van der Waals surface area contributed by atoms with E-state index in [1.165, 1.54) is 12.8 Å². The average Bonchev–Trinajstić information content (AvgIpc) is 2.47. The van der Waals surface area contributed by atoms with Crippen LogP contribution < -0.4 is 0 Å². The first-order valence-electron chi connectivity index (χ1n) is 7.97.